The molecule has 1 N–H and O–H groups in total. The molecule has 1 rings (SSSR count). The van der Waals surface area contributed by atoms with Gasteiger partial charge in [-0.05, 0) is 19.3 Å². The van der Waals surface area contributed by atoms with E-state index in [9.17, 15) is 0 Å². The van der Waals surface area contributed by atoms with E-state index in [0.717, 1.165) is 30.2 Å². The van der Waals surface area contributed by atoms with Gasteiger partial charge in [0.2, 0.25) is 0 Å². The molecular formula is C14H24ClN3. The first kappa shape index (κ1) is 15.2. The lowest BCUT2D eigenvalue weighted by atomic mass is 9.95. The van der Waals surface area contributed by atoms with E-state index in [0.29, 0.717) is 11.1 Å². The number of rotatable bonds is 4. The second-order valence-corrected chi connectivity index (χ2v) is 6.53. The highest BCUT2D eigenvalue weighted by atomic mass is 35.5. The fraction of sp³-hybridized carbons (Fsp3) is 0.714. The average molecular weight is 270 g/mol. The van der Waals surface area contributed by atoms with E-state index in [1.807, 2.05) is 6.92 Å². The second-order valence-electron chi connectivity index (χ2n) is 6.17. The van der Waals surface area contributed by atoms with Crippen LogP contribution in [0.1, 0.15) is 52.4 Å². The summed E-state index contributed by atoms with van der Waals surface area (Å²) in [4.78, 5) is 8.96. The number of aromatic nitrogens is 2. The lowest BCUT2D eigenvalue weighted by molar-refractivity contribution is 0.544. The van der Waals surface area contributed by atoms with E-state index in [4.69, 9.17) is 11.6 Å². The van der Waals surface area contributed by atoms with E-state index in [1.165, 1.54) is 0 Å². The monoisotopic (exact) mass is 269 g/mol. The maximum atomic E-state index is 6.18. The Kier molecular flexibility index (Phi) is 4.97. The van der Waals surface area contributed by atoms with Gasteiger partial charge in [-0.1, -0.05) is 46.2 Å². The van der Waals surface area contributed by atoms with Gasteiger partial charge in [-0.15, -0.1) is 0 Å². The third-order valence-electron chi connectivity index (χ3n) is 2.77. The molecule has 0 aliphatic heterocycles. The summed E-state index contributed by atoms with van der Waals surface area (Å²) in [5.41, 5.74) is 0.833. The lowest BCUT2D eigenvalue weighted by Crippen LogP contribution is -2.18. The van der Waals surface area contributed by atoms with Crippen molar-refractivity contribution in [2.45, 2.75) is 53.4 Å². The smallest absolute Gasteiger partial charge is 0.137 e. The zero-order valence-electron chi connectivity index (χ0n) is 12.3. The molecule has 18 heavy (non-hydrogen) atoms. The van der Waals surface area contributed by atoms with E-state index in [1.54, 1.807) is 0 Å². The highest BCUT2D eigenvalue weighted by molar-refractivity contribution is 6.30. The fourth-order valence-corrected chi connectivity index (χ4v) is 1.65. The van der Waals surface area contributed by atoms with Gasteiger partial charge in [0, 0.05) is 17.5 Å². The topological polar surface area (TPSA) is 37.8 Å². The van der Waals surface area contributed by atoms with Gasteiger partial charge in [-0.25, -0.2) is 9.97 Å². The molecule has 3 nitrogen and oxygen atoms in total. The van der Waals surface area contributed by atoms with Crippen molar-refractivity contribution in [3.8, 4) is 0 Å². The molecule has 0 atom stereocenters. The van der Waals surface area contributed by atoms with Gasteiger partial charge in [-0.2, -0.15) is 0 Å². The van der Waals surface area contributed by atoms with Gasteiger partial charge in [0.1, 0.15) is 16.8 Å². The zero-order chi connectivity index (χ0) is 13.9. The first-order valence-corrected chi connectivity index (χ1v) is 6.88. The van der Waals surface area contributed by atoms with Crippen molar-refractivity contribution >= 4 is 17.4 Å². The number of hydrogen-bond acceptors (Lipinski definition) is 3. The molecule has 0 spiro atoms. The summed E-state index contributed by atoms with van der Waals surface area (Å²) in [7, 11) is 0. The number of anilines is 1. The third-order valence-corrected chi connectivity index (χ3v) is 3.14. The average Bonchev–Trinajstić information content (AvgIpc) is 2.22. The van der Waals surface area contributed by atoms with Crippen LogP contribution in [0.5, 0.6) is 0 Å². The molecule has 0 aliphatic carbocycles. The molecule has 0 fully saturated rings. The summed E-state index contributed by atoms with van der Waals surface area (Å²) in [5, 5.41) is 3.91. The molecule has 0 bridgehead atoms. The fourth-order valence-electron chi connectivity index (χ4n) is 1.48. The molecule has 102 valence electrons. The minimum atomic E-state index is -0.0915. The van der Waals surface area contributed by atoms with Crippen LogP contribution in [0.25, 0.3) is 0 Å². The van der Waals surface area contributed by atoms with Crippen LogP contribution >= 0.6 is 11.6 Å². The highest BCUT2D eigenvalue weighted by Crippen LogP contribution is 2.26. The Morgan fingerprint density at radius 1 is 1.22 bits per heavy atom. The Hall–Kier alpha value is -0.830. The Balaban J connectivity index is 2.93. The van der Waals surface area contributed by atoms with Gasteiger partial charge < -0.3 is 5.32 Å². The number of halogens is 1. The minimum absolute atomic E-state index is 0.0915. The van der Waals surface area contributed by atoms with Crippen LogP contribution in [0.4, 0.5) is 5.82 Å². The zero-order valence-corrected chi connectivity index (χ0v) is 13.0. The quantitative estimate of drug-likeness (QED) is 0.833. The molecule has 0 radical (unpaired) electrons. The van der Waals surface area contributed by atoms with Crippen LogP contribution < -0.4 is 5.32 Å². The molecule has 0 unspecified atom stereocenters. The van der Waals surface area contributed by atoms with Crippen LogP contribution in [0, 0.1) is 12.8 Å². The molecule has 0 saturated heterocycles. The standard InChI is InChI=1S/C14H24ClN3/c1-9(2)7-8-16-12-10(3)11(15)17-13(18-12)14(4,5)6/h9H,7-8H2,1-6H3,(H,16,17,18). The second kappa shape index (κ2) is 5.87. The van der Waals surface area contributed by atoms with Gasteiger partial charge in [0.05, 0.1) is 0 Å². The Morgan fingerprint density at radius 2 is 1.83 bits per heavy atom. The van der Waals surface area contributed by atoms with E-state index in [-0.39, 0.29) is 5.41 Å². The van der Waals surface area contributed by atoms with Crippen molar-refractivity contribution in [3.63, 3.8) is 0 Å². The van der Waals surface area contributed by atoms with Crippen molar-refractivity contribution in [2.75, 3.05) is 11.9 Å². The van der Waals surface area contributed by atoms with Crippen molar-refractivity contribution in [1.82, 2.24) is 9.97 Å². The normalized spacial score (nSPS) is 12.0. The Bertz CT molecular complexity index is 408. The summed E-state index contributed by atoms with van der Waals surface area (Å²) < 4.78 is 0. The molecule has 1 heterocycles. The van der Waals surface area contributed by atoms with Gasteiger partial charge >= 0.3 is 0 Å². The van der Waals surface area contributed by atoms with Gasteiger partial charge in [0.15, 0.2) is 0 Å². The molecule has 0 aliphatic rings. The van der Waals surface area contributed by atoms with E-state index >= 15 is 0 Å². The van der Waals surface area contributed by atoms with E-state index < -0.39 is 0 Å². The largest absolute Gasteiger partial charge is 0.370 e. The van der Waals surface area contributed by atoms with Crippen molar-refractivity contribution in [2.24, 2.45) is 5.92 Å². The Labute approximate surface area is 115 Å². The van der Waals surface area contributed by atoms with Crippen LogP contribution in [0.15, 0.2) is 0 Å². The summed E-state index contributed by atoms with van der Waals surface area (Å²) in [6, 6.07) is 0. The maximum absolute atomic E-state index is 6.18. The summed E-state index contributed by atoms with van der Waals surface area (Å²) in [6.07, 6.45) is 1.12. The van der Waals surface area contributed by atoms with Gasteiger partial charge in [0.25, 0.3) is 0 Å². The predicted molar refractivity (Wildman–Crippen MR) is 78.4 cm³/mol. The molecule has 4 heteroatoms. The van der Waals surface area contributed by atoms with E-state index in [2.05, 4.69) is 49.9 Å². The molecule has 0 aromatic carbocycles. The number of nitrogens with zero attached hydrogens (tertiary/aromatic N) is 2. The molecule has 0 amide bonds. The summed E-state index contributed by atoms with van der Waals surface area (Å²) >= 11 is 6.18. The van der Waals surface area contributed by atoms with Crippen LogP contribution in [0.2, 0.25) is 5.15 Å². The summed E-state index contributed by atoms with van der Waals surface area (Å²) in [5.74, 6) is 2.32. The van der Waals surface area contributed by atoms with Crippen LogP contribution in [-0.4, -0.2) is 16.5 Å². The molecular weight excluding hydrogens is 246 g/mol. The minimum Gasteiger partial charge on any atom is -0.370 e. The third kappa shape index (κ3) is 4.13. The lowest BCUT2D eigenvalue weighted by Gasteiger charge is -2.19. The van der Waals surface area contributed by atoms with Crippen molar-refractivity contribution in [3.05, 3.63) is 16.5 Å². The molecule has 0 saturated carbocycles. The van der Waals surface area contributed by atoms with Crippen LogP contribution in [0.3, 0.4) is 0 Å². The van der Waals surface area contributed by atoms with Crippen LogP contribution in [-0.2, 0) is 5.41 Å². The number of hydrogen-bond donors (Lipinski definition) is 1. The van der Waals surface area contributed by atoms with Crippen molar-refractivity contribution in [1.29, 1.82) is 0 Å². The Morgan fingerprint density at radius 3 is 2.33 bits per heavy atom. The molecule has 1 aromatic heterocycles. The molecule has 1 aromatic rings. The summed E-state index contributed by atoms with van der Waals surface area (Å²) in [6.45, 7) is 13.6. The first-order valence-electron chi connectivity index (χ1n) is 6.50. The predicted octanol–water partition coefficient (Wildman–Crippen LogP) is 4.19. The SMILES string of the molecule is Cc1c(Cl)nc(C(C)(C)C)nc1NCCC(C)C. The highest BCUT2D eigenvalue weighted by Gasteiger charge is 2.20. The van der Waals surface area contributed by atoms with Gasteiger partial charge in [-0.3, -0.25) is 0 Å². The maximum Gasteiger partial charge on any atom is 0.137 e. The van der Waals surface area contributed by atoms with Crippen molar-refractivity contribution < 1.29 is 0 Å². The number of nitrogens with one attached hydrogen (secondary N) is 1. The first-order chi connectivity index (χ1) is 8.21.